The summed E-state index contributed by atoms with van der Waals surface area (Å²) in [4.78, 5) is 14.7. The zero-order chi connectivity index (χ0) is 13.9. The fourth-order valence-corrected chi connectivity index (χ4v) is 2.32. The lowest BCUT2D eigenvalue weighted by molar-refractivity contribution is 0.101. The van der Waals surface area contributed by atoms with Crippen molar-refractivity contribution in [3.05, 3.63) is 65.9 Å². The van der Waals surface area contributed by atoms with Gasteiger partial charge >= 0.3 is 0 Å². The number of hydrogen-bond acceptors (Lipinski definition) is 2. The molecule has 0 bridgehead atoms. The molecular formula is C17H16N2O. The molecule has 1 heterocycles. The number of benzene rings is 2. The lowest BCUT2D eigenvalue weighted by atomic mass is 10.1. The Morgan fingerprint density at radius 2 is 1.95 bits per heavy atom. The van der Waals surface area contributed by atoms with Crippen molar-refractivity contribution in [2.45, 2.75) is 13.5 Å². The number of carbonyl (C=O) groups excluding carboxylic acids is 1. The molecule has 3 heteroatoms. The van der Waals surface area contributed by atoms with E-state index in [4.69, 9.17) is 0 Å². The number of H-pyrrole nitrogens is 1. The van der Waals surface area contributed by atoms with Crippen molar-refractivity contribution in [3.63, 3.8) is 0 Å². The van der Waals surface area contributed by atoms with E-state index in [0.29, 0.717) is 0 Å². The van der Waals surface area contributed by atoms with E-state index in [1.54, 1.807) is 13.1 Å². The Bertz CT molecular complexity index is 744. The minimum Gasteiger partial charge on any atom is -0.381 e. The second-order valence-electron chi connectivity index (χ2n) is 4.86. The standard InChI is InChI=1S/C17H16N2O/c1-12(20)16-11-19-17-8-7-14(9-15(16)17)18-10-13-5-3-2-4-6-13/h2-9,11,18-19H,10H2,1H3. The van der Waals surface area contributed by atoms with Gasteiger partial charge in [-0.3, -0.25) is 4.79 Å². The van der Waals surface area contributed by atoms with Gasteiger partial charge < -0.3 is 10.3 Å². The summed E-state index contributed by atoms with van der Waals surface area (Å²) in [7, 11) is 0. The van der Waals surface area contributed by atoms with Gasteiger partial charge in [-0.05, 0) is 30.7 Å². The predicted octanol–water partition coefficient (Wildman–Crippen LogP) is 3.98. The Morgan fingerprint density at radius 1 is 1.15 bits per heavy atom. The molecule has 0 unspecified atom stereocenters. The molecule has 2 aromatic carbocycles. The number of anilines is 1. The van der Waals surface area contributed by atoms with Crippen molar-refractivity contribution in [1.82, 2.24) is 4.98 Å². The van der Waals surface area contributed by atoms with E-state index in [2.05, 4.69) is 22.4 Å². The summed E-state index contributed by atoms with van der Waals surface area (Å²) in [6, 6.07) is 16.3. The summed E-state index contributed by atoms with van der Waals surface area (Å²) in [5.41, 5.74) is 3.97. The molecule has 0 fully saturated rings. The number of Topliss-reactive ketones (excluding diaryl/α,β-unsaturated/α-hetero) is 1. The van der Waals surface area contributed by atoms with E-state index >= 15 is 0 Å². The van der Waals surface area contributed by atoms with Crippen LogP contribution in [0, 0.1) is 0 Å². The average Bonchev–Trinajstić information content (AvgIpc) is 2.89. The molecular weight excluding hydrogens is 248 g/mol. The third-order valence-corrected chi connectivity index (χ3v) is 3.40. The monoisotopic (exact) mass is 264 g/mol. The van der Waals surface area contributed by atoms with Gasteiger partial charge in [-0.2, -0.15) is 0 Å². The van der Waals surface area contributed by atoms with Crippen LogP contribution < -0.4 is 5.32 Å². The topological polar surface area (TPSA) is 44.9 Å². The van der Waals surface area contributed by atoms with Gasteiger partial charge in [0.2, 0.25) is 0 Å². The van der Waals surface area contributed by atoms with Crippen molar-refractivity contribution in [2.24, 2.45) is 0 Å². The third-order valence-electron chi connectivity index (χ3n) is 3.40. The fraction of sp³-hybridized carbons (Fsp3) is 0.118. The fourth-order valence-electron chi connectivity index (χ4n) is 2.32. The van der Waals surface area contributed by atoms with Crippen molar-refractivity contribution < 1.29 is 4.79 Å². The summed E-state index contributed by atoms with van der Waals surface area (Å²) < 4.78 is 0. The summed E-state index contributed by atoms with van der Waals surface area (Å²) >= 11 is 0. The molecule has 2 N–H and O–H groups in total. The molecule has 20 heavy (non-hydrogen) atoms. The molecule has 3 rings (SSSR count). The van der Waals surface area contributed by atoms with E-state index in [9.17, 15) is 4.79 Å². The maximum Gasteiger partial charge on any atom is 0.161 e. The molecule has 0 aliphatic carbocycles. The predicted molar refractivity (Wildman–Crippen MR) is 82.1 cm³/mol. The van der Waals surface area contributed by atoms with E-state index in [-0.39, 0.29) is 5.78 Å². The number of hydrogen-bond donors (Lipinski definition) is 2. The van der Waals surface area contributed by atoms with Gasteiger partial charge in [-0.25, -0.2) is 0 Å². The van der Waals surface area contributed by atoms with Gasteiger partial charge in [-0.1, -0.05) is 30.3 Å². The lowest BCUT2D eigenvalue weighted by Crippen LogP contribution is -1.99. The summed E-state index contributed by atoms with van der Waals surface area (Å²) in [6.45, 7) is 2.36. The molecule has 0 spiro atoms. The van der Waals surface area contributed by atoms with Crippen LogP contribution in [0.4, 0.5) is 5.69 Å². The van der Waals surface area contributed by atoms with Crippen LogP contribution in [0.15, 0.2) is 54.7 Å². The normalized spacial score (nSPS) is 10.7. The number of fused-ring (bicyclic) bond motifs is 1. The highest BCUT2D eigenvalue weighted by atomic mass is 16.1. The molecule has 100 valence electrons. The Balaban J connectivity index is 1.85. The lowest BCUT2D eigenvalue weighted by Gasteiger charge is -2.07. The van der Waals surface area contributed by atoms with Gasteiger partial charge in [0.15, 0.2) is 5.78 Å². The SMILES string of the molecule is CC(=O)c1c[nH]c2ccc(NCc3ccccc3)cc12. The minimum atomic E-state index is 0.0801. The Hall–Kier alpha value is -2.55. The van der Waals surface area contributed by atoms with E-state index in [1.165, 1.54) is 5.56 Å². The van der Waals surface area contributed by atoms with Gasteiger partial charge in [0, 0.05) is 34.9 Å². The molecule has 0 saturated carbocycles. The highest BCUT2D eigenvalue weighted by Gasteiger charge is 2.08. The molecule has 3 nitrogen and oxygen atoms in total. The van der Waals surface area contributed by atoms with Gasteiger partial charge in [0.25, 0.3) is 0 Å². The Labute approximate surface area is 117 Å². The van der Waals surface area contributed by atoms with Crippen LogP contribution in [-0.2, 0) is 6.54 Å². The van der Waals surface area contributed by atoms with Crippen molar-refractivity contribution in [3.8, 4) is 0 Å². The largest absolute Gasteiger partial charge is 0.381 e. The van der Waals surface area contributed by atoms with Crippen molar-refractivity contribution in [1.29, 1.82) is 0 Å². The first-order valence-electron chi connectivity index (χ1n) is 6.64. The summed E-state index contributed by atoms with van der Waals surface area (Å²) in [5, 5.41) is 4.35. The molecule has 0 aliphatic heterocycles. The minimum absolute atomic E-state index is 0.0801. The summed E-state index contributed by atoms with van der Waals surface area (Å²) in [5.74, 6) is 0.0801. The first kappa shape index (κ1) is 12.5. The van der Waals surface area contributed by atoms with E-state index < -0.39 is 0 Å². The molecule has 0 amide bonds. The maximum atomic E-state index is 11.6. The highest BCUT2D eigenvalue weighted by molar-refractivity contribution is 6.07. The maximum absolute atomic E-state index is 11.6. The second kappa shape index (κ2) is 5.21. The second-order valence-corrected chi connectivity index (χ2v) is 4.86. The van der Waals surface area contributed by atoms with Crippen molar-refractivity contribution >= 4 is 22.4 Å². The molecule has 0 saturated heterocycles. The molecule has 1 aromatic heterocycles. The average molecular weight is 264 g/mol. The number of carbonyl (C=O) groups is 1. The van der Waals surface area contributed by atoms with Crippen LogP contribution in [0.25, 0.3) is 10.9 Å². The van der Waals surface area contributed by atoms with E-state index in [1.807, 2.05) is 36.4 Å². The zero-order valence-corrected chi connectivity index (χ0v) is 11.3. The molecule has 0 aliphatic rings. The number of nitrogens with one attached hydrogen (secondary N) is 2. The van der Waals surface area contributed by atoms with Crippen LogP contribution in [0.5, 0.6) is 0 Å². The Kier molecular flexibility index (Phi) is 3.25. The van der Waals surface area contributed by atoms with Crippen molar-refractivity contribution in [2.75, 3.05) is 5.32 Å². The number of rotatable bonds is 4. The van der Waals surface area contributed by atoms with Crippen LogP contribution in [-0.4, -0.2) is 10.8 Å². The van der Waals surface area contributed by atoms with E-state index in [0.717, 1.165) is 28.7 Å². The third kappa shape index (κ3) is 2.43. The zero-order valence-electron chi connectivity index (χ0n) is 11.3. The smallest absolute Gasteiger partial charge is 0.161 e. The number of aromatic amines is 1. The quantitative estimate of drug-likeness (QED) is 0.700. The molecule has 3 aromatic rings. The number of ketones is 1. The van der Waals surface area contributed by atoms with Crippen LogP contribution in [0.1, 0.15) is 22.8 Å². The van der Waals surface area contributed by atoms with Gasteiger partial charge in [0.1, 0.15) is 0 Å². The highest BCUT2D eigenvalue weighted by Crippen LogP contribution is 2.23. The first-order chi connectivity index (χ1) is 9.74. The number of aromatic nitrogens is 1. The molecule has 0 atom stereocenters. The van der Waals surface area contributed by atoms with Gasteiger partial charge in [0.05, 0.1) is 0 Å². The van der Waals surface area contributed by atoms with Crippen LogP contribution >= 0.6 is 0 Å². The van der Waals surface area contributed by atoms with Crippen LogP contribution in [0.2, 0.25) is 0 Å². The van der Waals surface area contributed by atoms with Gasteiger partial charge in [-0.15, -0.1) is 0 Å². The van der Waals surface area contributed by atoms with Crippen LogP contribution in [0.3, 0.4) is 0 Å². The summed E-state index contributed by atoms with van der Waals surface area (Å²) in [6.07, 6.45) is 1.77. The molecule has 0 radical (unpaired) electrons. The first-order valence-corrected chi connectivity index (χ1v) is 6.64. The Morgan fingerprint density at radius 3 is 2.70 bits per heavy atom.